The van der Waals surface area contributed by atoms with E-state index >= 15 is 0 Å². The third-order valence-corrected chi connectivity index (χ3v) is 4.38. The van der Waals surface area contributed by atoms with E-state index in [1.54, 1.807) is 27.9 Å². The molecule has 1 aliphatic heterocycles. The van der Waals surface area contributed by atoms with E-state index in [1.165, 1.54) is 4.90 Å². The van der Waals surface area contributed by atoms with Crippen LogP contribution in [0, 0.1) is 0 Å². The van der Waals surface area contributed by atoms with Crippen LogP contribution >= 0.6 is 0 Å². The Kier molecular flexibility index (Phi) is 5.61. The van der Waals surface area contributed by atoms with Gasteiger partial charge in [-0.15, -0.1) is 0 Å². The fourth-order valence-electron chi connectivity index (χ4n) is 3.10. The largest absolute Gasteiger partial charge is 0.401 e. The van der Waals surface area contributed by atoms with E-state index in [1.807, 2.05) is 24.4 Å². The fourth-order valence-corrected chi connectivity index (χ4v) is 3.10. The first-order valence-corrected chi connectivity index (χ1v) is 8.55. The zero-order chi connectivity index (χ0) is 18.6. The van der Waals surface area contributed by atoms with Gasteiger partial charge in [-0.3, -0.25) is 14.4 Å². The molecule has 2 heterocycles. The minimum Gasteiger partial charge on any atom is -0.337 e. The van der Waals surface area contributed by atoms with Crippen LogP contribution in [-0.2, 0) is 6.54 Å². The van der Waals surface area contributed by atoms with E-state index in [0.717, 1.165) is 5.56 Å². The number of rotatable bonds is 4. The van der Waals surface area contributed by atoms with Crippen molar-refractivity contribution in [1.29, 1.82) is 0 Å². The highest BCUT2D eigenvalue weighted by molar-refractivity contribution is 5.94. The highest BCUT2D eigenvalue weighted by Crippen LogP contribution is 2.18. The summed E-state index contributed by atoms with van der Waals surface area (Å²) < 4.78 is 39.4. The summed E-state index contributed by atoms with van der Waals surface area (Å²) in [6, 6.07) is 9.13. The Labute approximate surface area is 150 Å². The summed E-state index contributed by atoms with van der Waals surface area (Å²) in [5.41, 5.74) is 1.58. The van der Waals surface area contributed by atoms with Gasteiger partial charge in [-0.1, -0.05) is 12.1 Å². The van der Waals surface area contributed by atoms with Gasteiger partial charge in [0, 0.05) is 44.1 Å². The number of benzene rings is 1. The van der Waals surface area contributed by atoms with Gasteiger partial charge in [0.25, 0.3) is 5.91 Å². The summed E-state index contributed by atoms with van der Waals surface area (Å²) in [4.78, 5) is 15.6. The molecule has 1 amide bonds. The summed E-state index contributed by atoms with van der Waals surface area (Å²) in [5.74, 6) is -0.135. The predicted molar refractivity (Wildman–Crippen MR) is 90.8 cm³/mol. The number of amides is 1. The summed E-state index contributed by atoms with van der Waals surface area (Å²) in [7, 11) is 0. The second kappa shape index (κ2) is 7.90. The van der Waals surface area contributed by atoms with Crippen LogP contribution in [0.4, 0.5) is 13.2 Å². The molecule has 2 aromatic rings. The van der Waals surface area contributed by atoms with Crippen molar-refractivity contribution < 1.29 is 18.0 Å². The first-order valence-electron chi connectivity index (χ1n) is 8.55. The van der Waals surface area contributed by atoms with Crippen LogP contribution in [0.15, 0.2) is 42.7 Å². The Hall–Kier alpha value is -2.35. The Morgan fingerprint density at radius 2 is 1.85 bits per heavy atom. The summed E-state index contributed by atoms with van der Waals surface area (Å²) >= 11 is 0. The molecule has 1 aromatic heterocycles. The van der Waals surface area contributed by atoms with Crippen molar-refractivity contribution in [2.24, 2.45) is 0 Å². The van der Waals surface area contributed by atoms with E-state index in [9.17, 15) is 18.0 Å². The van der Waals surface area contributed by atoms with Crippen molar-refractivity contribution in [2.45, 2.75) is 19.1 Å². The molecule has 5 nitrogen and oxygen atoms in total. The molecule has 26 heavy (non-hydrogen) atoms. The maximum absolute atomic E-state index is 12.6. The third-order valence-electron chi connectivity index (χ3n) is 4.38. The minimum atomic E-state index is -4.20. The Morgan fingerprint density at radius 1 is 1.08 bits per heavy atom. The molecule has 0 atom stereocenters. The van der Waals surface area contributed by atoms with Crippen LogP contribution < -0.4 is 0 Å². The van der Waals surface area contributed by atoms with Crippen LogP contribution in [0.1, 0.15) is 22.3 Å². The fraction of sp³-hybridized carbons (Fsp3) is 0.444. The van der Waals surface area contributed by atoms with Gasteiger partial charge in [0.1, 0.15) is 0 Å². The van der Waals surface area contributed by atoms with E-state index in [4.69, 9.17) is 0 Å². The maximum atomic E-state index is 12.6. The van der Waals surface area contributed by atoms with E-state index in [0.29, 0.717) is 38.2 Å². The van der Waals surface area contributed by atoms with Gasteiger partial charge in [-0.25, -0.2) is 0 Å². The van der Waals surface area contributed by atoms with Gasteiger partial charge in [0.05, 0.1) is 13.1 Å². The van der Waals surface area contributed by atoms with Crippen molar-refractivity contribution in [2.75, 3.05) is 32.7 Å². The van der Waals surface area contributed by atoms with Crippen molar-refractivity contribution in [1.82, 2.24) is 19.6 Å². The topological polar surface area (TPSA) is 41.4 Å². The second-order valence-corrected chi connectivity index (χ2v) is 6.44. The molecule has 0 saturated carbocycles. The predicted octanol–water partition coefficient (Wildman–Crippen LogP) is 2.64. The molecule has 1 aliphatic rings. The van der Waals surface area contributed by atoms with Crippen molar-refractivity contribution in [3.8, 4) is 0 Å². The number of alkyl halides is 3. The minimum absolute atomic E-state index is 0.135. The van der Waals surface area contributed by atoms with Gasteiger partial charge in [-0.2, -0.15) is 18.3 Å². The first kappa shape index (κ1) is 18.4. The molecule has 1 saturated heterocycles. The standard InChI is InChI=1S/C18H21F3N4O/c19-18(20,21)14-23-8-2-9-24(12-11-23)17(26)16-5-3-15(4-6-16)13-25-10-1-7-22-25/h1,3-7,10H,2,8-9,11-14H2. The molecule has 140 valence electrons. The molecule has 1 fully saturated rings. The number of carbonyl (C=O) groups excluding carboxylic acids is 1. The number of hydrogen-bond acceptors (Lipinski definition) is 3. The second-order valence-electron chi connectivity index (χ2n) is 6.44. The lowest BCUT2D eigenvalue weighted by Gasteiger charge is -2.23. The van der Waals surface area contributed by atoms with Gasteiger partial charge in [0.15, 0.2) is 0 Å². The van der Waals surface area contributed by atoms with Crippen LogP contribution in [0.25, 0.3) is 0 Å². The molecule has 0 unspecified atom stereocenters. The number of halogens is 3. The normalized spacial score (nSPS) is 16.5. The number of carbonyl (C=O) groups is 1. The quantitative estimate of drug-likeness (QED) is 0.835. The van der Waals surface area contributed by atoms with Crippen LogP contribution in [-0.4, -0.2) is 64.4 Å². The summed E-state index contributed by atoms with van der Waals surface area (Å²) in [6.07, 6.45) is -0.0922. The molecule has 1 aromatic carbocycles. The Morgan fingerprint density at radius 3 is 2.50 bits per heavy atom. The first-order chi connectivity index (χ1) is 12.4. The highest BCUT2D eigenvalue weighted by Gasteiger charge is 2.31. The Balaban J connectivity index is 1.58. The molecule has 3 rings (SSSR count). The van der Waals surface area contributed by atoms with Crippen LogP contribution in [0.5, 0.6) is 0 Å². The van der Waals surface area contributed by atoms with Crippen molar-refractivity contribution >= 4 is 5.91 Å². The third kappa shape index (κ3) is 5.08. The average molecular weight is 366 g/mol. The smallest absolute Gasteiger partial charge is 0.337 e. The molecule has 0 aliphatic carbocycles. The van der Waals surface area contributed by atoms with E-state index in [2.05, 4.69) is 5.10 Å². The zero-order valence-corrected chi connectivity index (χ0v) is 14.3. The monoisotopic (exact) mass is 366 g/mol. The molecule has 8 heteroatoms. The lowest BCUT2D eigenvalue weighted by molar-refractivity contribution is -0.145. The van der Waals surface area contributed by atoms with Crippen molar-refractivity contribution in [3.05, 3.63) is 53.9 Å². The number of nitrogens with zero attached hydrogens (tertiary/aromatic N) is 4. The van der Waals surface area contributed by atoms with E-state index in [-0.39, 0.29) is 12.5 Å². The SMILES string of the molecule is O=C(c1ccc(Cn2cccn2)cc1)N1CCCN(CC(F)(F)F)CC1. The molecular weight excluding hydrogens is 345 g/mol. The van der Waals surface area contributed by atoms with Gasteiger partial charge >= 0.3 is 6.18 Å². The van der Waals surface area contributed by atoms with Crippen LogP contribution in [0.2, 0.25) is 0 Å². The van der Waals surface area contributed by atoms with Crippen LogP contribution in [0.3, 0.4) is 0 Å². The van der Waals surface area contributed by atoms with Crippen molar-refractivity contribution in [3.63, 3.8) is 0 Å². The van der Waals surface area contributed by atoms with E-state index < -0.39 is 12.7 Å². The lowest BCUT2D eigenvalue weighted by atomic mass is 10.1. The number of aromatic nitrogens is 2. The van der Waals surface area contributed by atoms with Gasteiger partial charge < -0.3 is 4.90 Å². The molecule has 0 radical (unpaired) electrons. The van der Waals surface area contributed by atoms with Gasteiger partial charge in [0.2, 0.25) is 0 Å². The zero-order valence-electron chi connectivity index (χ0n) is 14.3. The van der Waals surface area contributed by atoms with Gasteiger partial charge in [-0.05, 0) is 30.2 Å². The average Bonchev–Trinajstić information content (AvgIpc) is 2.99. The number of hydrogen-bond donors (Lipinski definition) is 0. The highest BCUT2D eigenvalue weighted by atomic mass is 19.4. The summed E-state index contributed by atoms with van der Waals surface area (Å²) in [5, 5.41) is 4.14. The molecule has 0 bridgehead atoms. The summed E-state index contributed by atoms with van der Waals surface area (Å²) in [6.45, 7) is 1.08. The maximum Gasteiger partial charge on any atom is 0.401 e. The molecule has 0 N–H and O–H groups in total. The lowest BCUT2D eigenvalue weighted by Crippen LogP contribution is -2.38. The molecular formula is C18H21F3N4O. The molecule has 0 spiro atoms. The Bertz CT molecular complexity index is 713.